The Labute approximate surface area is 147 Å². The van der Waals surface area contributed by atoms with E-state index in [-0.39, 0.29) is 18.3 Å². The fourth-order valence-electron chi connectivity index (χ4n) is 3.45. The monoisotopic (exact) mass is 337 g/mol. The molecule has 0 fully saturated rings. The van der Waals surface area contributed by atoms with Gasteiger partial charge in [-0.15, -0.1) is 0 Å². The Kier molecular flexibility index (Phi) is 4.91. The molecule has 130 valence electrons. The summed E-state index contributed by atoms with van der Waals surface area (Å²) in [5.74, 6) is 0.811. The van der Waals surface area contributed by atoms with Gasteiger partial charge in [0.15, 0.2) is 5.78 Å². The molecule has 0 spiro atoms. The van der Waals surface area contributed by atoms with Crippen LogP contribution < -0.4 is 4.74 Å². The van der Waals surface area contributed by atoms with E-state index in [1.807, 2.05) is 56.3 Å². The highest BCUT2D eigenvalue weighted by atomic mass is 16.5. The second kappa shape index (κ2) is 7.11. The third-order valence-electron chi connectivity index (χ3n) is 4.69. The number of aliphatic hydroxyl groups excluding tert-OH is 1. The normalized spacial score (nSPS) is 12.3. The van der Waals surface area contributed by atoms with E-state index in [0.29, 0.717) is 17.5 Å². The van der Waals surface area contributed by atoms with Crippen LogP contribution in [0.15, 0.2) is 42.5 Å². The van der Waals surface area contributed by atoms with Crippen molar-refractivity contribution in [2.45, 2.75) is 26.2 Å². The molecule has 2 N–H and O–H groups in total. The number of aliphatic hydroxyl groups is 1. The van der Waals surface area contributed by atoms with Gasteiger partial charge in [-0.3, -0.25) is 4.79 Å². The maximum Gasteiger partial charge on any atom is 0.195 e. The number of aromatic nitrogens is 1. The lowest BCUT2D eigenvalue weighted by Crippen LogP contribution is -2.06. The Morgan fingerprint density at radius 2 is 1.92 bits per heavy atom. The molecule has 25 heavy (non-hydrogen) atoms. The van der Waals surface area contributed by atoms with Gasteiger partial charge in [0.05, 0.1) is 12.7 Å². The number of benzene rings is 2. The molecule has 0 radical (unpaired) electrons. The molecule has 0 aliphatic rings. The van der Waals surface area contributed by atoms with Crippen molar-refractivity contribution < 1.29 is 14.6 Å². The number of aryl methyl sites for hydroxylation is 1. The van der Waals surface area contributed by atoms with Crippen molar-refractivity contribution in [1.82, 2.24) is 4.98 Å². The smallest absolute Gasteiger partial charge is 0.195 e. The molecule has 1 unspecified atom stereocenters. The summed E-state index contributed by atoms with van der Waals surface area (Å²) in [6.07, 6.45) is 0.610. The number of hydrogen-bond donors (Lipinski definition) is 2. The van der Waals surface area contributed by atoms with E-state index in [1.165, 1.54) is 0 Å². The van der Waals surface area contributed by atoms with Gasteiger partial charge < -0.3 is 14.8 Å². The summed E-state index contributed by atoms with van der Waals surface area (Å²) in [5.41, 5.74) is 4.07. The molecule has 4 heteroatoms. The molecule has 4 nitrogen and oxygen atoms in total. The summed E-state index contributed by atoms with van der Waals surface area (Å²) >= 11 is 0. The highest BCUT2D eigenvalue weighted by Gasteiger charge is 2.24. The first kappa shape index (κ1) is 17.2. The van der Waals surface area contributed by atoms with Crippen LogP contribution in [-0.4, -0.2) is 29.6 Å². The van der Waals surface area contributed by atoms with Gasteiger partial charge in [0.2, 0.25) is 0 Å². The number of fused-ring (bicyclic) bond motifs is 1. The van der Waals surface area contributed by atoms with Crippen LogP contribution >= 0.6 is 0 Å². The molecule has 2 aromatic carbocycles. The lowest BCUT2D eigenvalue weighted by Gasteiger charge is -2.17. The molecular weight excluding hydrogens is 314 g/mol. The molecule has 0 saturated heterocycles. The Hall–Kier alpha value is -2.59. The largest absolute Gasteiger partial charge is 0.496 e. The number of ether oxygens (including phenoxy) is 1. The minimum Gasteiger partial charge on any atom is -0.496 e. The summed E-state index contributed by atoms with van der Waals surface area (Å²) in [7, 11) is 1.63. The number of rotatable bonds is 6. The minimum absolute atomic E-state index is 0.00458. The lowest BCUT2D eigenvalue weighted by molar-refractivity contribution is 0.103. The van der Waals surface area contributed by atoms with Gasteiger partial charge in [-0.25, -0.2) is 0 Å². The van der Waals surface area contributed by atoms with E-state index in [2.05, 4.69) is 4.98 Å². The van der Waals surface area contributed by atoms with Crippen LogP contribution in [0.5, 0.6) is 5.75 Å². The average molecular weight is 337 g/mol. The Morgan fingerprint density at radius 1 is 1.20 bits per heavy atom. The molecule has 0 saturated carbocycles. The first-order chi connectivity index (χ1) is 12.1. The maximum atomic E-state index is 13.2. The van der Waals surface area contributed by atoms with Crippen molar-refractivity contribution in [3.63, 3.8) is 0 Å². The van der Waals surface area contributed by atoms with Crippen LogP contribution in [0.2, 0.25) is 0 Å². The molecule has 1 aromatic heterocycles. The van der Waals surface area contributed by atoms with E-state index < -0.39 is 0 Å². The van der Waals surface area contributed by atoms with Crippen LogP contribution in [0.4, 0.5) is 0 Å². The van der Waals surface area contributed by atoms with E-state index in [1.54, 1.807) is 7.11 Å². The summed E-state index contributed by atoms with van der Waals surface area (Å²) in [6.45, 7) is 4.06. The zero-order valence-electron chi connectivity index (χ0n) is 14.8. The summed E-state index contributed by atoms with van der Waals surface area (Å²) in [4.78, 5) is 16.5. The quantitative estimate of drug-likeness (QED) is 0.663. The molecule has 1 heterocycles. The van der Waals surface area contributed by atoms with Gasteiger partial charge in [0.25, 0.3) is 0 Å². The third kappa shape index (κ3) is 3.05. The van der Waals surface area contributed by atoms with Crippen LogP contribution in [0, 0.1) is 6.92 Å². The van der Waals surface area contributed by atoms with Gasteiger partial charge in [-0.1, -0.05) is 37.3 Å². The fourth-order valence-corrected chi connectivity index (χ4v) is 3.45. The molecule has 0 amide bonds. The van der Waals surface area contributed by atoms with Crippen LogP contribution in [0.1, 0.15) is 46.4 Å². The standard InChI is InChI=1S/C21H23NO3/c1-13(11-12-23)18-17(25-3)10-9-16-20(18)19(14(2)22-16)21(24)15-7-5-4-6-8-15/h4-10,13,22-23H,11-12H2,1-3H3. The SMILES string of the molecule is COc1ccc2[nH]c(C)c(C(=O)c3ccccc3)c2c1C(C)CCO. The van der Waals surface area contributed by atoms with Gasteiger partial charge in [0.1, 0.15) is 5.75 Å². The van der Waals surface area contributed by atoms with Crippen LogP contribution in [0.3, 0.4) is 0 Å². The van der Waals surface area contributed by atoms with Crippen molar-refractivity contribution in [2.75, 3.05) is 13.7 Å². The van der Waals surface area contributed by atoms with Crippen molar-refractivity contribution in [3.8, 4) is 5.75 Å². The van der Waals surface area contributed by atoms with E-state index in [4.69, 9.17) is 4.74 Å². The van der Waals surface area contributed by atoms with Gasteiger partial charge in [-0.05, 0) is 31.4 Å². The highest BCUT2D eigenvalue weighted by Crippen LogP contribution is 2.39. The molecule has 1 atom stereocenters. The highest BCUT2D eigenvalue weighted by molar-refractivity contribution is 6.18. The molecule has 0 aliphatic heterocycles. The predicted octanol–water partition coefficient (Wildman–Crippen LogP) is 4.20. The topological polar surface area (TPSA) is 62.3 Å². The van der Waals surface area contributed by atoms with E-state index >= 15 is 0 Å². The molecule has 3 rings (SSSR count). The molecule has 3 aromatic rings. The predicted molar refractivity (Wildman–Crippen MR) is 99.6 cm³/mol. The van der Waals surface area contributed by atoms with Crippen molar-refractivity contribution in [3.05, 3.63) is 64.8 Å². The number of nitrogens with one attached hydrogen (secondary N) is 1. The molecular formula is C21H23NO3. The number of methoxy groups -OCH3 is 1. The zero-order valence-corrected chi connectivity index (χ0v) is 14.8. The van der Waals surface area contributed by atoms with Gasteiger partial charge in [-0.2, -0.15) is 0 Å². The Morgan fingerprint density at radius 3 is 2.56 bits per heavy atom. The summed E-state index contributed by atoms with van der Waals surface area (Å²) in [6, 6.07) is 13.2. The molecule has 0 bridgehead atoms. The summed E-state index contributed by atoms with van der Waals surface area (Å²) in [5, 5.41) is 10.3. The lowest BCUT2D eigenvalue weighted by atomic mass is 9.89. The number of carbonyl (C=O) groups excluding carboxylic acids is 1. The summed E-state index contributed by atoms with van der Waals surface area (Å²) < 4.78 is 5.56. The third-order valence-corrected chi connectivity index (χ3v) is 4.69. The van der Waals surface area contributed by atoms with Gasteiger partial charge in [0, 0.05) is 34.3 Å². The zero-order chi connectivity index (χ0) is 18.0. The Bertz CT molecular complexity index is 896. The van der Waals surface area contributed by atoms with Crippen LogP contribution in [-0.2, 0) is 0 Å². The van der Waals surface area contributed by atoms with Crippen molar-refractivity contribution in [1.29, 1.82) is 0 Å². The minimum atomic E-state index is -0.00458. The van der Waals surface area contributed by atoms with Crippen LogP contribution in [0.25, 0.3) is 10.9 Å². The fraction of sp³-hybridized carbons (Fsp3) is 0.286. The number of aromatic amines is 1. The van der Waals surface area contributed by atoms with E-state index in [9.17, 15) is 9.90 Å². The first-order valence-corrected chi connectivity index (χ1v) is 8.48. The van der Waals surface area contributed by atoms with Crippen molar-refractivity contribution in [2.24, 2.45) is 0 Å². The van der Waals surface area contributed by atoms with Crippen molar-refractivity contribution >= 4 is 16.7 Å². The number of ketones is 1. The number of carbonyl (C=O) groups is 1. The number of H-pyrrole nitrogens is 1. The maximum absolute atomic E-state index is 13.2. The number of hydrogen-bond acceptors (Lipinski definition) is 3. The van der Waals surface area contributed by atoms with Gasteiger partial charge >= 0.3 is 0 Å². The molecule has 0 aliphatic carbocycles. The first-order valence-electron chi connectivity index (χ1n) is 8.48. The van der Waals surface area contributed by atoms with E-state index in [0.717, 1.165) is 27.9 Å². The average Bonchev–Trinajstić information content (AvgIpc) is 2.96. The Balaban J connectivity index is 2.28. The second-order valence-electron chi connectivity index (χ2n) is 6.34. The second-order valence-corrected chi connectivity index (χ2v) is 6.34.